The summed E-state index contributed by atoms with van der Waals surface area (Å²) in [5.41, 5.74) is 0.482. The number of unbranched alkanes of at least 4 members (excludes halogenated alkanes) is 3. The molecular weight excluding hydrogens is 875 g/mol. The number of allylic oxidation sites excluding steroid dienone is 1. The third-order valence-corrected chi connectivity index (χ3v) is 28.3. The Bertz CT molecular complexity index is 1570. The molecule has 0 bridgehead atoms. The molecule has 0 aromatic heterocycles. The van der Waals surface area contributed by atoms with Crippen molar-refractivity contribution >= 4 is 24.3 Å². The van der Waals surface area contributed by atoms with Crippen LogP contribution in [0.15, 0.2) is 85.7 Å². The minimum absolute atomic E-state index is 0.170. The number of carbonyl (C=O) groups is 1. The van der Waals surface area contributed by atoms with Gasteiger partial charge in [-0.05, 0) is 18.1 Å². The second-order valence-corrected chi connectivity index (χ2v) is 32.3. The predicted molar refractivity (Wildman–Crippen MR) is 245 cm³/mol. The molecule has 2 aromatic rings. The number of rotatable bonds is 26. The summed E-state index contributed by atoms with van der Waals surface area (Å²) in [5.74, 6) is -0.421. The second-order valence-electron chi connectivity index (χ2n) is 18.3. The second kappa shape index (κ2) is 25.3. The molecule has 3 aliphatic rings. The molecular formula is C51H78O9Sn. The predicted octanol–water partition coefficient (Wildman–Crippen LogP) is 11.7. The fraction of sp³-hybridized carbons (Fsp3) is 0.667. The third kappa shape index (κ3) is 15.2. The standard InChI is InChI=1S/C39H51O9.3C4H9.Sn/c1-6-20-42-31-19-14-21-43-33(31)23-37(45-28(3)40)48-38(4)27-39(5)36(46-35(38)7-2)22-32(44-25-30-17-12-9-13-18-30)34(47-39)26-41-24-29-15-10-8-11-16-29;3*1-3-4-2;/h6-13,15-18,20,31-37H,1-2,14,19,21-27H2,3-5H3;3*1,3-4H2,2H3;/b20-6-;;;;/t31-,32-,33+,34+,35-,36+,37?,38+,39-;;;;/m0..../s1. The summed E-state index contributed by atoms with van der Waals surface area (Å²) >= 11 is -2.34. The van der Waals surface area contributed by atoms with Crippen molar-refractivity contribution in [3.8, 4) is 0 Å². The van der Waals surface area contributed by atoms with Gasteiger partial charge in [0.05, 0.1) is 32.0 Å². The van der Waals surface area contributed by atoms with Crippen LogP contribution < -0.4 is 0 Å². The van der Waals surface area contributed by atoms with Crippen LogP contribution in [0.3, 0.4) is 0 Å². The van der Waals surface area contributed by atoms with Crippen molar-refractivity contribution in [2.75, 3.05) is 13.2 Å². The van der Waals surface area contributed by atoms with Gasteiger partial charge in [0.15, 0.2) is 0 Å². The Morgan fingerprint density at radius 2 is 1.54 bits per heavy atom. The average Bonchev–Trinajstić information content (AvgIpc) is 3.25. The molecule has 9 nitrogen and oxygen atoms in total. The van der Waals surface area contributed by atoms with Crippen molar-refractivity contribution in [2.45, 2.75) is 197 Å². The molecule has 0 N–H and O–H groups in total. The van der Waals surface area contributed by atoms with Gasteiger partial charge in [-0.2, -0.15) is 0 Å². The quantitative estimate of drug-likeness (QED) is 0.0301. The van der Waals surface area contributed by atoms with E-state index in [0.717, 1.165) is 24.0 Å². The van der Waals surface area contributed by atoms with Crippen molar-refractivity contribution in [1.82, 2.24) is 0 Å². The van der Waals surface area contributed by atoms with Gasteiger partial charge in [-0.1, -0.05) is 60.7 Å². The van der Waals surface area contributed by atoms with E-state index >= 15 is 0 Å². The van der Waals surface area contributed by atoms with Crippen LogP contribution in [0.5, 0.6) is 0 Å². The Morgan fingerprint density at radius 1 is 0.902 bits per heavy atom. The SMILES string of the molecule is C=C[C@@H]1O[C@@H]2C[C@H](OCc3ccccc3)[C@@H](COCc3ccccc3)O[C@@]2(C)C[C@@]1(C)OC(C[C@H]1OCCC[C@@H]1O/C=C\[CH2][Sn]([CH2]CCC)([CH2]CCC)[CH2]CCC)OC(C)=O. The molecule has 1 unspecified atom stereocenters. The average molecular weight is 954 g/mol. The first kappa shape index (κ1) is 49.8. The minimum atomic E-state index is -2.34. The Balaban J connectivity index is 1.28. The summed E-state index contributed by atoms with van der Waals surface area (Å²) in [7, 11) is 0. The number of ether oxygens (including phenoxy) is 8. The molecule has 5 rings (SSSR count). The first-order valence-corrected chi connectivity index (χ1v) is 31.6. The number of carbonyl (C=O) groups excluding carboxylic acids is 1. The van der Waals surface area contributed by atoms with E-state index in [-0.39, 0.29) is 30.5 Å². The first-order chi connectivity index (χ1) is 29.5. The fourth-order valence-corrected chi connectivity index (χ4v) is 24.8. The van der Waals surface area contributed by atoms with E-state index in [4.69, 9.17) is 37.9 Å². The van der Waals surface area contributed by atoms with Crippen molar-refractivity contribution in [2.24, 2.45) is 0 Å². The van der Waals surface area contributed by atoms with Gasteiger partial charge in [0, 0.05) is 6.42 Å². The van der Waals surface area contributed by atoms with Gasteiger partial charge in [-0.3, -0.25) is 0 Å². The summed E-state index contributed by atoms with van der Waals surface area (Å²) in [4.78, 5) is 12.7. The zero-order valence-corrected chi connectivity index (χ0v) is 41.2. The summed E-state index contributed by atoms with van der Waals surface area (Å²) in [5, 5.41) is 0. The zero-order valence-electron chi connectivity index (χ0n) is 38.4. The Hall–Kier alpha value is -2.25. The molecule has 0 saturated carbocycles. The van der Waals surface area contributed by atoms with Gasteiger partial charge in [-0.25, -0.2) is 0 Å². The Labute approximate surface area is 372 Å². The van der Waals surface area contributed by atoms with Gasteiger partial charge >= 0.3 is 230 Å². The van der Waals surface area contributed by atoms with Gasteiger partial charge < -0.3 is 14.2 Å². The van der Waals surface area contributed by atoms with Gasteiger partial charge in [0.25, 0.3) is 0 Å². The van der Waals surface area contributed by atoms with Crippen LogP contribution in [0.4, 0.5) is 0 Å². The molecule has 0 aliphatic carbocycles. The van der Waals surface area contributed by atoms with Crippen LogP contribution in [-0.4, -0.2) is 91.7 Å². The number of benzene rings is 2. The molecule has 0 radical (unpaired) electrons. The number of hydrogen-bond donors (Lipinski definition) is 0. The molecule has 0 spiro atoms. The molecule has 3 fully saturated rings. The van der Waals surface area contributed by atoms with E-state index in [1.807, 2.05) is 49.6 Å². The van der Waals surface area contributed by atoms with Crippen molar-refractivity contribution in [1.29, 1.82) is 0 Å². The fourth-order valence-electron chi connectivity index (χ4n) is 9.73. The molecule has 9 atom stereocenters. The summed E-state index contributed by atoms with van der Waals surface area (Å²) in [6, 6.07) is 20.3. The van der Waals surface area contributed by atoms with Crippen molar-refractivity contribution in [3.05, 3.63) is 96.8 Å². The monoisotopic (exact) mass is 954 g/mol. The maximum atomic E-state index is 12.7. The number of hydrogen-bond acceptors (Lipinski definition) is 9. The number of fused-ring (bicyclic) bond motifs is 1. The molecule has 340 valence electrons. The Morgan fingerprint density at radius 3 is 2.15 bits per heavy atom. The third-order valence-electron chi connectivity index (χ3n) is 13.1. The van der Waals surface area contributed by atoms with Gasteiger partial charge in [0.1, 0.15) is 6.10 Å². The van der Waals surface area contributed by atoms with Crippen LogP contribution in [0.2, 0.25) is 17.7 Å². The van der Waals surface area contributed by atoms with E-state index in [2.05, 4.69) is 64.6 Å². The molecule has 61 heavy (non-hydrogen) atoms. The molecule has 3 saturated heterocycles. The molecule has 3 heterocycles. The molecule has 3 aliphatic heterocycles. The number of esters is 1. The van der Waals surface area contributed by atoms with Crippen molar-refractivity contribution in [3.63, 3.8) is 0 Å². The van der Waals surface area contributed by atoms with Gasteiger partial charge in [0.2, 0.25) is 0 Å². The van der Waals surface area contributed by atoms with E-state index in [1.54, 1.807) is 6.08 Å². The zero-order chi connectivity index (χ0) is 43.6. The molecule has 2 aromatic carbocycles. The van der Waals surface area contributed by atoms with Crippen LogP contribution in [0.25, 0.3) is 0 Å². The van der Waals surface area contributed by atoms with E-state index in [9.17, 15) is 4.79 Å². The maximum absolute atomic E-state index is 12.7. The van der Waals surface area contributed by atoms with Gasteiger partial charge in [-0.15, -0.1) is 6.58 Å². The van der Waals surface area contributed by atoms with E-state index in [0.29, 0.717) is 45.7 Å². The van der Waals surface area contributed by atoms with Crippen LogP contribution >= 0.6 is 0 Å². The molecule has 10 heteroatoms. The summed E-state index contributed by atoms with van der Waals surface area (Å²) in [6.07, 6.45) is 14.3. The summed E-state index contributed by atoms with van der Waals surface area (Å²) < 4.78 is 58.2. The Kier molecular flexibility index (Phi) is 20.6. The molecule has 0 amide bonds. The normalized spacial score (nSPS) is 28.6. The van der Waals surface area contributed by atoms with Crippen LogP contribution in [0, 0.1) is 0 Å². The van der Waals surface area contributed by atoms with Crippen molar-refractivity contribution < 1.29 is 42.7 Å². The van der Waals surface area contributed by atoms with Crippen LogP contribution in [0.1, 0.15) is 123 Å². The topological polar surface area (TPSA) is 90.9 Å². The summed E-state index contributed by atoms with van der Waals surface area (Å²) in [6.45, 7) is 18.5. The van der Waals surface area contributed by atoms with E-state index < -0.39 is 47.9 Å². The first-order valence-electron chi connectivity index (χ1n) is 23.5. The van der Waals surface area contributed by atoms with Crippen LogP contribution in [-0.2, 0) is 55.9 Å². The van der Waals surface area contributed by atoms with E-state index in [1.165, 1.54) is 63.2 Å².